The van der Waals surface area contributed by atoms with Gasteiger partial charge in [-0.2, -0.15) is 0 Å². The van der Waals surface area contributed by atoms with Crippen LogP contribution in [0.2, 0.25) is 0 Å². The van der Waals surface area contributed by atoms with Crippen LogP contribution >= 0.6 is 0 Å². The summed E-state index contributed by atoms with van der Waals surface area (Å²) in [5, 5.41) is 0. The number of hydrogen-bond acceptors (Lipinski definition) is 1. The number of Topliss-reactive ketones (excluding diaryl/α,β-unsaturated/α-hetero) is 1. The number of carbonyl (C=O) groups excluding carboxylic acids is 1. The van der Waals surface area contributed by atoms with Gasteiger partial charge in [-0.25, -0.2) is 0 Å². The molecule has 0 radical (unpaired) electrons. The van der Waals surface area contributed by atoms with Crippen molar-refractivity contribution in [2.24, 2.45) is 11.3 Å². The maximum absolute atomic E-state index is 11.0. The van der Waals surface area contributed by atoms with E-state index >= 15 is 0 Å². The fourth-order valence-electron chi connectivity index (χ4n) is 2.55. The van der Waals surface area contributed by atoms with Gasteiger partial charge in [-0.05, 0) is 31.6 Å². The summed E-state index contributed by atoms with van der Waals surface area (Å²) in [4.78, 5) is 11.0. The van der Waals surface area contributed by atoms with Gasteiger partial charge in [-0.15, -0.1) is 0 Å². The minimum Gasteiger partial charge on any atom is -0.300 e. The summed E-state index contributed by atoms with van der Waals surface area (Å²) in [6.45, 7) is 1.75. The van der Waals surface area contributed by atoms with Gasteiger partial charge in [-0.1, -0.05) is 12.8 Å². The van der Waals surface area contributed by atoms with Crippen molar-refractivity contribution >= 4 is 5.78 Å². The van der Waals surface area contributed by atoms with Gasteiger partial charge in [0.05, 0.1) is 0 Å². The molecule has 2 aliphatic carbocycles. The molecule has 1 nitrogen and oxygen atoms in total. The zero-order valence-electron chi connectivity index (χ0n) is 6.52. The van der Waals surface area contributed by atoms with Crippen LogP contribution in [0.4, 0.5) is 0 Å². The van der Waals surface area contributed by atoms with Crippen LogP contribution in [0.3, 0.4) is 0 Å². The monoisotopic (exact) mass is 138 g/mol. The van der Waals surface area contributed by atoms with Crippen LogP contribution in [0.1, 0.15) is 39.0 Å². The molecule has 0 heterocycles. The van der Waals surface area contributed by atoms with E-state index in [0.29, 0.717) is 17.1 Å². The van der Waals surface area contributed by atoms with Crippen LogP contribution in [0, 0.1) is 11.3 Å². The molecule has 2 aliphatic rings. The molecule has 0 N–H and O–H groups in total. The first-order valence-electron chi connectivity index (χ1n) is 4.25. The van der Waals surface area contributed by atoms with Gasteiger partial charge >= 0.3 is 0 Å². The fraction of sp³-hybridized carbons (Fsp3) is 0.889. The molecule has 2 saturated carbocycles. The molecule has 0 aromatic heterocycles. The van der Waals surface area contributed by atoms with Crippen molar-refractivity contribution in [2.45, 2.75) is 39.0 Å². The Hall–Kier alpha value is -0.330. The lowest BCUT2D eigenvalue weighted by molar-refractivity contribution is -0.118. The third kappa shape index (κ3) is 0.727. The number of carbonyl (C=O) groups is 1. The second kappa shape index (κ2) is 1.84. The lowest BCUT2D eigenvalue weighted by Gasteiger charge is -2.03. The molecule has 1 heteroatoms. The molecule has 0 aliphatic heterocycles. The highest BCUT2D eigenvalue weighted by atomic mass is 16.1. The van der Waals surface area contributed by atoms with Crippen molar-refractivity contribution in [1.82, 2.24) is 0 Å². The minimum absolute atomic E-state index is 0.432. The van der Waals surface area contributed by atoms with Gasteiger partial charge in [0.2, 0.25) is 0 Å². The topological polar surface area (TPSA) is 17.1 Å². The summed E-state index contributed by atoms with van der Waals surface area (Å²) in [7, 11) is 0. The first kappa shape index (κ1) is 6.38. The number of hydrogen-bond donors (Lipinski definition) is 0. The Bertz CT molecular complexity index is 166. The van der Waals surface area contributed by atoms with Gasteiger partial charge in [0.1, 0.15) is 5.78 Å². The van der Waals surface area contributed by atoms with Crippen LogP contribution in [-0.2, 0) is 4.79 Å². The summed E-state index contributed by atoms with van der Waals surface area (Å²) < 4.78 is 0. The van der Waals surface area contributed by atoms with Crippen molar-refractivity contribution in [3.05, 3.63) is 0 Å². The molecule has 0 saturated heterocycles. The van der Waals surface area contributed by atoms with Crippen molar-refractivity contribution in [1.29, 1.82) is 0 Å². The Morgan fingerprint density at radius 3 is 2.40 bits per heavy atom. The van der Waals surface area contributed by atoms with E-state index in [4.69, 9.17) is 0 Å². The van der Waals surface area contributed by atoms with E-state index in [2.05, 4.69) is 0 Å². The third-order valence-corrected chi connectivity index (χ3v) is 3.28. The molecule has 1 unspecified atom stereocenters. The Labute approximate surface area is 61.8 Å². The molecule has 0 aromatic rings. The molecular formula is C9H14O. The summed E-state index contributed by atoms with van der Waals surface area (Å²) in [5.41, 5.74) is 0.534. The maximum atomic E-state index is 11.0. The summed E-state index contributed by atoms with van der Waals surface area (Å²) in [5.74, 6) is 0.900. The first-order valence-corrected chi connectivity index (χ1v) is 4.25. The Morgan fingerprint density at radius 2 is 2.00 bits per heavy atom. The third-order valence-electron chi connectivity index (χ3n) is 3.28. The van der Waals surface area contributed by atoms with Gasteiger partial charge in [0.25, 0.3) is 0 Å². The zero-order chi connectivity index (χ0) is 7.19. The predicted octanol–water partition coefficient (Wildman–Crippen LogP) is 2.16. The van der Waals surface area contributed by atoms with Crippen LogP contribution in [-0.4, -0.2) is 5.78 Å². The predicted molar refractivity (Wildman–Crippen MR) is 39.7 cm³/mol. The highest BCUT2D eigenvalue weighted by Gasteiger charge is 2.56. The van der Waals surface area contributed by atoms with Crippen molar-refractivity contribution in [2.75, 3.05) is 0 Å². The second-order valence-electron chi connectivity index (χ2n) is 3.94. The quantitative estimate of drug-likeness (QED) is 0.542. The largest absolute Gasteiger partial charge is 0.300 e. The van der Waals surface area contributed by atoms with Gasteiger partial charge in [-0.3, -0.25) is 4.79 Å². The van der Waals surface area contributed by atoms with Gasteiger partial charge < -0.3 is 0 Å². The van der Waals surface area contributed by atoms with E-state index in [1.54, 1.807) is 6.92 Å². The van der Waals surface area contributed by atoms with Crippen molar-refractivity contribution in [3.8, 4) is 0 Å². The van der Waals surface area contributed by atoms with E-state index < -0.39 is 0 Å². The molecular weight excluding hydrogens is 124 g/mol. The number of ketones is 1. The summed E-state index contributed by atoms with van der Waals surface area (Å²) in [6.07, 6.45) is 6.60. The Kier molecular flexibility index (Phi) is 1.17. The smallest absolute Gasteiger partial charge is 0.133 e. The van der Waals surface area contributed by atoms with Crippen molar-refractivity contribution < 1.29 is 4.79 Å². The maximum Gasteiger partial charge on any atom is 0.133 e. The molecule has 10 heavy (non-hydrogen) atoms. The highest BCUT2D eigenvalue weighted by Crippen LogP contribution is 2.62. The van der Waals surface area contributed by atoms with Crippen LogP contribution in [0.5, 0.6) is 0 Å². The summed E-state index contributed by atoms with van der Waals surface area (Å²) >= 11 is 0. The molecule has 56 valence electrons. The second-order valence-corrected chi connectivity index (χ2v) is 3.94. The average Bonchev–Trinajstić information content (AvgIpc) is 2.32. The van der Waals surface area contributed by atoms with E-state index in [1.165, 1.54) is 32.1 Å². The molecule has 2 rings (SSSR count). The molecule has 1 spiro atoms. The SMILES string of the molecule is CC(=O)C1CC12CCCC2. The van der Waals surface area contributed by atoms with E-state index in [-0.39, 0.29) is 0 Å². The molecule has 0 bridgehead atoms. The van der Waals surface area contributed by atoms with Gasteiger partial charge in [0, 0.05) is 5.92 Å². The van der Waals surface area contributed by atoms with Gasteiger partial charge in [0.15, 0.2) is 0 Å². The Morgan fingerprint density at radius 1 is 1.40 bits per heavy atom. The normalized spacial score (nSPS) is 34.7. The molecule has 2 fully saturated rings. The highest BCUT2D eigenvalue weighted by molar-refractivity contribution is 5.82. The molecule has 0 amide bonds. The number of rotatable bonds is 1. The lowest BCUT2D eigenvalue weighted by atomic mass is 10.0. The Balaban J connectivity index is 2.04. The molecule has 0 aromatic carbocycles. The van der Waals surface area contributed by atoms with E-state index in [0.717, 1.165) is 0 Å². The standard InChI is InChI=1S/C9H14O/c1-7(10)8-6-9(8)4-2-3-5-9/h8H,2-6H2,1H3. The van der Waals surface area contributed by atoms with Crippen molar-refractivity contribution in [3.63, 3.8) is 0 Å². The zero-order valence-corrected chi connectivity index (χ0v) is 6.52. The minimum atomic E-state index is 0.432. The average molecular weight is 138 g/mol. The van der Waals surface area contributed by atoms with E-state index in [1.807, 2.05) is 0 Å². The van der Waals surface area contributed by atoms with Crippen LogP contribution < -0.4 is 0 Å². The first-order chi connectivity index (χ1) is 4.75. The molecule has 1 atom stereocenters. The summed E-state index contributed by atoms with van der Waals surface area (Å²) in [6, 6.07) is 0. The van der Waals surface area contributed by atoms with Crippen LogP contribution in [0.15, 0.2) is 0 Å². The van der Waals surface area contributed by atoms with Crippen LogP contribution in [0.25, 0.3) is 0 Å². The fourth-order valence-corrected chi connectivity index (χ4v) is 2.55. The van der Waals surface area contributed by atoms with E-state index in [9.17, 15) is 4.79 Å². The lowest BCUT2D eigenvalue weighted by Crippen LogP contribution is -2.03.